The van der Waals surface area contributed by atoms with Crippen molar-refractivity contribution in [3.05, 3.63) is 59.6 Å². The maximum absolute atomic E-state index is 13.3. The van der Waals surface area contributed by atoms with E-state index in [9.17, 15) is 23.2 Å². The third-order valence-corrected chi connectivity index (χ3v) is 6.57. The predicted octanol–water partition coefficient (Wildman–Crippen LogP) is 6.71. The van der Waals surface area contributed by atoms with Gasteiger partial charge in [-0.05, 0) is 97.5 Å². The molecule has 2 atom stereocenters. The number of hydrogen-bond acceptors (Lipinski definition) is 5. The first-order valence-electron chi connectivity index (χ1n) is 13.4. The zero-order valence-corrected chi connectivity index (χ0v) is 24.0. The van der Waals surface area contributed by atoms with Crippen LogP contribution >= 0.6 is 0 Å². The second-order valence-electron chi connectivity index (χ2n) is 10.3. The summed E-state index contributed by atoms with van der Waals surface area (Å²) in [6.45, 7) is 15.5. The molecule has 1 aliphatic heterocycles. The first-order chi connectivity index (χ1) is 18.2. The van der Waals surface area contributed by atoms with Crippen LogP contribution in [0.15, 0.2) is 64.6 Å². The van der Waals surface area contributed by atoms with E-state index in [1.807, 2.05) is 39.0 Å². The molecule has 1 fully saturated rings. The molecule has 2 unspecified atom stereocenters. The van der Waals surface area contributed by atoms with Crippen molar-refractivity contribution in [2.75, 3.05) is 13.1 Å². The standard InChI is InChI=1S/C30H43F3N4O2/c1-8-10-12-25(19-34)17-21(3)26(18-24-13-15-35-16-14-24)23(5)37-28(38)29(6,7)39-27(11-9-2)36-20-22(4)30(31,32)33/h8,10-12,17,20,23-24,26,35H,4,9,13-16,18H2,1-3,5-7H3,(H,37,38)/b10-8-,21-17+,25-12+,27-11+,36-20-. The Morgan fingerprint density at radius 1 is 1.31 bits per heavy atom. The fourth-order valence-electron chi connectivity index (χ4n) is 4.23. The normalized spacial score (nSPS) is 18.2. The summed E-state index contributed by atoms with van der Waals surface area (Å²) in [5.74, 6) is -0.0712. The second kappa shape index (κ2) is 16.1. The number of halogens is 3. The first-order valence-corrected chi connectivity index (χ1v) is 13.4. The van der Waals surface area contributed by atoms with Crippen molar-refractivity contribution in [2.24, 2.45) is 16.8 Å². The van der Waals surface area contributed by atoms with Crippen LogP contribution in [0.3, 0.4) is 0 Å². The Kier molecular flexibility index (Phi) is 14.0. The minimum absolute atomic E-state index is 0.0333. The van der Waals surface area contributed by atoms with Crippen LogP contribution in [0, 0.1) is 23.2 Å². The molecule has 0 spiro atoms. The molecule has 0 aromatic heterocycles. The number of aliphatic imine (C=N–C) groups is 1. The van der Waals surface area contributed by atoms with Gasteiger partial charge in [-0.2, -0.15) is 18.4 Å². The van der Waals surface area contributed by atoms with E-state index in [0.717, 1.165) is 37.9 Å². The molecule has 0 aromatic carbocycles. The number of rotatable bonds is 13. The molecule has 0 radical (unpaired) electrons. The van der Waals surface area contributed by atoms with Crippen molar-refractivity contribution in [3.8, 4) is 6.07 Å². The van der Waals surface area contributed by atoms with Gasteiger partial charge in [0.15, 0.2) is 5.60 Å². The Morgan fingerprint density at radius 3 is 2.49 bits per heavy atom. The van der Waals surface area contributed by atoms with Crippen molar-refractivity contribution >= 4 is 12.1 Å². The van der Waals surface area contributed by atoms with Crippen molar-refractivity contribution in [1.82, 2.24) is 10.6 Å². The number of allylic oxidation sites excluding steroid dienone is 7. The fraction of sp³-hybridized carbons (Fsp3) is 0.567. The molecule has 1 saturated heterocycles. The van der Waals surface area contributed by atoms with Gasteiger partial charge in [-0.15, -0.1) is 0 Å². The largest absolute Gasteiger partial charge is 0.462 e. The zero-order valence-electron chi connectivity index (χ0n) is 24.0. The Labute approximate surface area is 231 Å². The van der Waals surface area contributed by atoms with Gasteiger partial charge in [-0.25, -0.2) is 4.99 Å². The predicted molar refractivity (Wildman–Crippen MR) is 151 cm³/mol. The number of carbonyl (C=O) groups is 1. The Bertz CT molecular complexity index is 1020. The van der Waals surface area contributed by atoms with Crippen LogP contribution in [0.5, 0.6) is 0 Å². The fourth-order valence-corrected chi connectivity index (χ4v) is 4.23. The van der Waals surface area contributed by atoms with E-state index in [1.165, 1.54) is 6.08 Å². The van der Waals surface area contributed by atoms with E-state index in [1.54, 1.807) is 26.8 Å². The quantitative estimate of drug-likeness (QED) is 0.116. The zero-order chi connectivity index (χ0) is 29.6. The molecular weight excluding hydrogens is 505 g/mol. The van der Waals surface area contributed by atoms with Gasteiger partial charge in [-0.1, -0.05) is 31.2 Å². The molecule has 216 valence electrons. The van der Waals surface area contributed by atoms with Gasteiger partial charge in [-0.3, -0.25) is 4.79 Å². The van der Waals surface area contributed by atoms with Gasteiger partial charge in [0.05, 0.1) is 17.2 Å². The summed E-state index contributed by atoms with van der Waals surface area (Å²) in [5.41, 5.74) is -1.02. The SMILES string of the molecule is C=C(/C=N\C(=C/CC)OC(C)(C)C(=O)NC(C)C(CC1CCNCC1)/C(C)=C/C(C#N)=C\C=C/C)C(F)(F)F. The van der Waals surface area contributed by atoms with E-state index in [4.69, 9.17) is 4.74 Å². The van der Waals surface area contributed by atoms with E-state index >= 15 is 0 Å². The molecule has 0 aromatic rings. The highest BCUT2D eigenvalue weighted by molar-refractivity contribution is 5.85. The molecule has 39 heavy (non-hydrogen) atoms. The van der Waals surface area contributed by atoms with Gasteiger partial charge >= 0.3 is 6.18 Å². The first kappa shape index (κ1) is 33.9. The summed E-state index contributed by atoms with van der Waals surface area (Å²) in [5, 5.41) is 16.0. The number of ether oxygens (including phenoxy) is 1. The molecule has 0 bridgehead atoms. The summed E-state index contributed by atoms with van der Waals surface area (Å²) in [7, 11) is 0. The lowest BCUT2D eigenvalue weighted by Crippen LogP contribution is -2.50. The number of nitrogens with zero attached hydrogens (tertiary/aromatic N) is 2. The number of hydrogen-bond donors (Lipinski definition) is 2. The third-order valence-electron chi connectivity index (χ3n) is 6.57. The highest BCUT2D eigenvalue weighted by atomic mass is 19.4. The van der Waals surface area contributed by atoms with Crippen molar-refractivity contribution in [3.63, 3.8) is 0 Å². The Morgan fingerprint density at radius 2 is 1.95 bits per heavy atom. The van der Waals surface area contributed by atoms with Crippen molar-refractivity contribution < 1.29 is 22.7 Å². The summed E-state index contributed by atoms with van der Waals surface area (Å²) in [6, 6.07) is 1.92. The number of nitrogens with one attached hydrogen (secondary N) is 2. The second-order valence-corrected chi connectivity index (χ2v) is 10.3. The third kappa shape index (κ3) is 12.1. The van der Waals surface area contributed by atoms with E-state index in [-0.39, 0.29) is 17.8 Å². The molecule has 0 saturated carbocycles. The van der Waals surface area contributed by atoms with Crippen LogP contribution in [-0.2, 0) is 9.53 Å². The van der Waals surface area contributed by atoms with E-state index < -0.39 is 23.3 Å². The highest BCUT2D eigenvalue weighted by Crippen LogP contribution is 2.30. The lowest BCUT2D eigenvalue weighted by Gasteiger charge is -2.34. The summed E-state index contributed by atoms with van der Waals surface area (Å²) < 4.78 is 44.2. The lowest BCUT2D eigenvalue weighted by molar-refractivity contribution is -0.139. The van der Waals surface area contributed by atoms with Crippen LogP contribution in [0.25, 0.3) is 0 Å². The van der Waals surface area contributed by atoms with Crippen LogP contribution in [0.1, 0.15) is 67.2 Å². The molecule has 1 amide bonds. The summed E-state index contributed by atoms with van der Waals surface area (Å²) >= 11 is 0. The number of alkyl halides is 3. The minimum atomic E-state index is -4.61. The van der Waals surface area contributed by atoms with Crippen LogP contribution in [-0.4, -0.2) is 43.0 Å². The maximum Gasteiger partial charge on any atom is 0.417 e. The number of piperidine rings is 1. The average Bonchev–Trinajstić information content (AvgIpc) is 2.87. The van der Waals surface area contributed by atoms with Crippen molar-refractivity contribution in [2.45, 2.75) is 85.0 Å². The molecule has 6 nitrogen and oxygen atoms in total. The summed E-state index contributed by atoms with van der Waals surface area (Å²) in [6.07, 6.45) is 8.12. The number of nitriles is 1. The van der Waals surface area contributed by atoms with Crippen molar-refractivity contribution in [1.29, 1.82) is 5.26 Å². The Hall–Kier alpha value is -3.12. The lowest BCUT2D eigenvalue weighted by atomic mass is 9.80. The van der Waals surface area contributed by atoms with Crippen LogP contribution in [0.4, 0.5) is 13.2 Å². The Balaban J connectivity index is 3.15. The monoisotopic (exact) mass is 548 g/mol. The van der Waals surface area contributed by atoms with Gasteiger partial charge in [0, 0.05) is 18.2 Å². The number of carbonyl (C=O) groups excluding carboxylic acids is 1. The smallest absolute Gasteiger partial charge is 0.417 e. The topological polar surface area (TPSA) is 86.5 Å². The van der Waals surface area contributed by atoms with Gasteiger partial charge in [0.25, 0.3) is 5.91 Å². The van der Waals surface area contributed by atoms with Crippen LogP contribution in [0.2, 0.25) is 0 Å². The molecule has 9 heteroatoms. The molecule has 2 N–H and O–H groups in total. The van der Waals surface area contributed by atoms with E-state index in [2.05, 4.69) is 28.3 Å². The molecule has 0 aliphatic carbocycles. The molecule has 1 aliphatic rings. The van der Waals surface area contributed by atoms with E-state index in [0.29, 0.717) is 24.1 Å². The maximum atomic E-state index is 13.3. The van der Waals surface area contributed by atoms with Gasteiger partial charge < -0.3 is 15.4 Å². The highest BCUT2D eigenvalue weighted by Gasteiger charge is 2.35. The molecule has 1 rings (SSSR count). The van der Waals surface area contributed by atoms with Crippen LogP contribution < -0.4 is 10.6 Å². The van der Waals surface area contributed by atoms with Gasteiger partial charge in [0.1, 0.15) is 0 Å². The molecular formula is C30H43F3N4O2. The summed E-state index contributed by atoms with van der Waals surface area (Å²) in [4.78, 5) is 17.1. The number of amides is 1. The average molecular weight is 549 g/mol. The van der Waals surface area contributed by atoms with Gasteiger partial charge in [0.2, 0.25) is 5.88 Å². The molecule has 1 heterocycles. The minimum Gasteiger partial charge on any atom is -0.462 e.